The lowest BCUT2D eigenvalue weighted by Gasteiger charge is -2.14. The van der Waals surface area contributed by atoms with Crippen molar-refractivity contribution in [2.24, 2.45) is 0 Å². The first kappa shape index (κ1) is 16.8. The standard InChI is InChI=1S/C16H27NO3/c1-3-20-15-10-8-9-14(16(15)19-2)13-17-11-6-4-5-7-12-18/h8-10,17-18H,3-7,11-13H2,1-2H3. The molecule has 1 rings (SSSR count). The van der Waals surface area contributed by atoms with Gasteiger partial charge in [-0.25, -0.2) is 0 Å². The normalized spacial score (nSPS) is 10.6. The van der Waals surface area contributed by atoms with Crippen molar-refractivity contribution < 1.29 is 14.6 Å². The molecule has 4 heteroatoms. The maximum atomic E-state index is 8.70. The molecular formula is C16H27NO3. The summed E-state index contributed by atoms with van der Waals surface area (Å²) in [4.78, 5) is 0. The van der Waals surface area contributed by atoms with E-state index in [-0.39, 0.29) is 0 Å². The fourth-order valence-electron chi connectivity index (χ4n) is 2.14. The zero-order valence-electron chi connectivity index (χ0n) is 12.7. The van der Waals surface area contributed by atoms with Crippen LogP contribution in [0.25, 0.3) is 0 Å². The molecule has 0 heterocycles. The number of aliphatic hydroxyl groups excluding tert-OH is 1. The Bertz CT molecular complexity index is 369. The van der Waals surface area contributed by atoms with Crippen LogP contribution in [-0.4, -0.2) is 32.0 Å². The van der Waals surface area contributed by atoms with Crippen LogP contribution in [0.1, 0.15) is 38.2 Å². The molecular weight excluding hydrogens is 254 g/mol. The van der Waals surface area contributed by atoms with Crippen LogP contribution >= 0.6 is 0 Å². The van der Waals surface area contributed by atoms with Gasteiger partial charge >= 0.3 is 0 Å². The average Bonchev–Trinajstić information content (AvgIpc) is 2.47. The Hall–Kier alpha value is -1.26. The van der Waals surface area contributed by atoms with Gasteiger partial charge in [0.1, 0.15) is 0 Å². The van der Waals surface area contributed by atoms with Crippen LogP contribution in [-0.2, 0) is 6.54 Å². The van der Waals surface area contributed by atoms with Gasteiger partial charge < -0.3 is 19.9 Å². The van der Waals surface area contributed by atoms with Crippen molar-refractivity contribution in [1.29, 1.82) is 0 Å². The molecule has 0 aliphatic rings. The number of ether oxygens (including phenoxy) is 2. The third kappa shape index (κ3) is 5.80. The number of benzene rings is 1. The number of aliphatic hydroxyl groups is 1. The lowest BCUT2D eigenvalue weighted by Crippen LogP contribution is -2.15. The van der Waals surface area contributed by atoms with Gasteiger partial charge in [0.05, 0.1) is 13.7 Å². The van der Waals surface area contributed by atoms with Crippen LogP contribution < -0.4 is 14.8 Å². The molecule has 1 aromatic rings. The molecule has 0 aliphatic heterocycles. The van der Waals surface area contributed by atoms with E-state index < -0.39 is 0 Å². The van der Waals surface area contributed by atoms with Gasteiger partial charge in [-0.1, -0.05) is 25.0 Å². The van der Waals surface area contributed by atoms with E-state index in [0.29, 0.717) is 13.2 Å². The molecule has 0 atom stereocenters. The van der Waals surface area contributed by atoms with Gasteiger partial charge in [-0.05, 0) is 32.4 Å². The Balaban J connectivity index is 2.37. The third-order valence-electron chi connectivity index (χ3n) is 3.14. The van der Waals surface area contributed by atoms with E-state index in [9.17, 15) is 0 Å². The van der Waals surface area contributed by atoms with E-state index in [4.69, 9.17) is 14.6 Å². The second-order valence-electron chi connectivity index (χ2n) is 4.70. The molecule has 0 aromatic heterocycles. The smallest absolute Gasteiger partial charge is 0.165 e. The maximum Gasteiger partial charge on any atom is 0.165 e. The minimum absolute atomic E-state index is 0.300. The average molecular weight is 281 g/mol. The molecule has 0 radical (unpaired) electrons. The van der Waals surface area contributed by atoms with Crippen molar-refractivity contribution in [2.45, 2.75) is 39.2 Å². The van der Waals surface area contributed by atoms with E-state index >= 15 is 0 Å². The van der Waals surface area contributed by atoms with E-state index in [1.165, 1.54) is 0 Å². The van der Waals surface area contributed by atoms with Crippen molar-refractivity contribution in [3.63, 3.8) is 0 Å². The van der Waals surface area contributed by atoms with Crippen molar-refractivity contribution in [3.8, 4) is 11.5 Å². The largest absolute Gasteiger partial charge is 0.493 e. The van der Waals surface area contributed by atoms with Gasteiger partial charge in [-0.15, -0.1) is 0 Å². The monoisotopic (exact) mass is 281 g/mol. The second kappa shape index (κ2) is 10.5. The SMILES string of the molecule is CCOc1cccc(CNCCCCCCO)c1OC. The first-order valence-corrected chi connectivity index (χ1v) is 7.43. The summed E-state index contributed by atoms with van der Waals surface area (Å²) >= 11 is 0. The van der Waals surface area contributed by atoms with Crippen LogP contribution in [0.2, 0.25) is 0 Å². The summed E-state index contributed by atoms with van der Waals surface area (Å²) in [6, 6.07) is 5.98. The quantitative estimate of drug-likeness (QED) is 0.612. The Labute approximate surface area is 122 Å². The number of hydrogen-bond acceptors (Lipinski definition) is 4. The van der Waals surface area contributed by atoms with Crippen molar-refractivity contribution in [1.82, 2.24) is 5.32 Å². The van der Waals surface area contributed by atoms with Gasteiger partial charge in [0.15, 0.2) is 11.5 Å². The predicted octanol–water partition coefficient (Wildman–Crippen LogP) is 2.74. The van der Waals surface area contributed by atoms with E-state index in [2.05, 4.69) is 11.4 Å². The summed E-state index contributed by atoms with van der Waals surface area (Å²) in [5.74, 6) is 1.62. The molecule has 20 heavy (non-hydrogen) atoms. The third-order valence-corrected chi connectivity index (χ3v) is 3.14. The predicted molar refractivity (Wildman–Crippen MR) is 81.4 cm³/mol. The van der Waals surface area contributed by atoms with Gasteiger partial charge in [-0.2, -0.15) is 0 Å². The van der Waals surface area contributed by atoms with Crippen LogP contribution in [0, 0.1) is 0 Å². The lowest BCUT2D eigenvalue weighted by atomic mass is 10.1. The molecule has 0 bridgehead atoms. The highest BCUT2D eigenvalue weighted by molar-refractivity contribution is 5.46. The fraction of sp³-hybridized carbons (Fsp3) is 0.625. The first-order valence-electron chi connectivity index (χ1n) is 7.43. The highest BCUT2D eigenvalue weighted by Gasteiger charge is 2.09. The Morgan fingerprint density at radius 3 is 2.65 bits per heavy atom. The minimum Gasteiger partial charge on any atom is -0.493 e. The summed E-state index contributed by atoms with van der Waals surface area (Å²) < 4.78 is 11.0. The van der Waals surface area contributed by atoms with Gasteiger partial charge in [0, 0.05) is 18.7 Å². The van der Waals surface area contributed by atoms with E-state index in [0.717, 1.165) is 55.8 Å². The Morgan fingerprint density at radius 2 is 1.95 bits per heavy atom. The van der Waals surface area contributed by atoms with Crippen LogP contribution in [0.15, 0.2) is 18.2 Å². The number of methoxy groups -OCH3 is 1. The summed E-state index contributed by atoms with van der Waals surface area (Å²) in [7, 11) is 1.68. The van der Waals surface area contributed by atoms with Gasteiger partial charge in [0.25, 0.3) is 0 Å². The summed E-state index contributed by atoms with van der Waals surface area (Å²) in [5, 5.41) is 12.1. The number of hydrogen-bond donors (Lipinski definition) is 2. The molecule has 2 N–H and O–H groups in total. The summed E-state index contributed by atoms with van der Waals surface area (Å²) in [5.41, 5.74) is 1.12. The van der Waals surface area contributed by atoms with E-state index in [1.54, 1.807) is 7.11 Å². The van der Waals surface area contributed by atoms with E-state index in [1.807, 2.05) is 19.1 Å². The second-order valence-corrected chi connectivity index (χ2v) is 4.70. The Kier molecular flexibility index (Phi) is 8.83. The zero-order valence-corrected chi connectivity index (χ0v) is 12.7. The molecule has 0 amide bonds. The van der Waals surface area contributed by atoms with Crippen LogP contribution in [0.5, 0.6) is 11.5 Å². The fourth-order valence-corrected chi connectivity index (χ4v) is 2.14. The van der Waals surface area contributed by atoms with Gasteiger partial charge in [0.2, 0.25) is 0 Å². The molecule has 0 fully saturated rings. The molecule has 1 aromatic carbocycles. The van der Waals surface area contributed by atoms with Crippen molar-refractivity contribution in [3.05, 3.63) is 23.8 Å². The highest BCUT2D eigenvalue weighted by atomic mass is 16.5. The summed E-state index contributed by atoms with van der Waals surface area (Å²) in [6.07, 6.45) is 4.29. The first-order chi connectivity index (χ1) is 9.83. The topological polar surface area (TPSA) is 50.7 Å². The Morgan fingerprint density at radius 1 is 1.15 bits per heavy atom. The maximum absolute atomic E-state index is 8.70. The highest BCUT2D eigenvalue weighted by Crippen LogP contribution is 2.30. The molecule has 0 unspecified atom stereocenters. The number of unbranched alkanes of at least 4 members (excludes halogenated alkanes) is 3. The number of para-hydroxylation sites is 1. The molecule has 0 spiro atoms. The molecule has 0 saturated heterocycles. The summed E-state index contributed by atoms with van der Waals surface area (Å²) in [6.45, 7) is 4.67. The molecule has 114 valence electrons. The lowest BCUT2D eigenvalue weighted by molar-refractivity contribution is 0.282. The zero-order chi connectivity index (χ0) is 14.6. The van der Waals surface area contributed by atoms with Crippen LogP contribution in [0.4, 0.5) is 0 Å². The molecule has 0 aliphatic carbocycles. The minimum atomic E-state index is 0.300. The number of nitrogens with one attached hydrogen (secondary N) is 1. The van der Waals surface area contributed by atoms with Crippen molar-refractivity contribution >= 4 is 0 Å². The molecule has 4 nitrogen and oxygen atoms in total. The van der Waals surface area contributed by atoms with Gasteiger partial charge in [-0.3, -0.25) is 0 Å². The van der Waals surface area contributed by atoms with Crippen molar-refractivity contribution in [2.75, 3.05) is 26.9 Å². The number of rotatable bonds is 11. The molecule has 0 saturated carbocycles. The van der Waals surface area contributed by atoms with Crippen LogP contribution in [0.3, 0.4) is 0 Å².